The molecule has 1 atom stereocenters. The Bertz CT molecular complexity index is 522. The van der Waals surface area contributed by atoms with Crippen molar-refractivity contribution in [2.24, 2.45) is 5.73 Å². The Labute approximate surface area is 127 Å². The lowest BCUT2D eigenvalue weighted by atomic mass is 9.97. The quantitative estimate of drug-likeness (QED) is 0.868. The van der Waals surface area contributed by atoms with Gasteiger partial charge in [-0.1, -0.05) is 25.2 Å². The van der Waals surface area contributed by atoms with Crippen molar-refractivity contribution in [3.8, 4) is 11.8 Å². The zero-order valence-corrected chi connectivity index (χ0v) is 12.8. The zero-order chi connectivity index (χ0) is 15.1. The molecule has 0 spiro atoms. The van der Waals surface area contributed by atoms with Crippen LogP contribution in [-0.2, 0) is 0 Å². The van der Waals surface area contributed by atoms with Crippen molar-refractivity contribution in [3.05, 3.63) is 35.4 Å². The number of carbonyl (C=O) groups excluding carboxylic acids is 1. The van der Waals surface area contributed by atoms with Crippen molar-refractivity contribution in [1.29, 1.82) is 0 Å². The largest absolute Gasteiger partial charge is 0.336 e. The van der Waals surface area contributed by atoms with Crippen molar-refractivity contribution >= 4 is 5.91 Å². The summed E-state index contributed by atoms with van der Waals surface area (Å²) in [4.78, 5) is 14.7. The van der Waals surface area contributed by atoms with Crippen molar-refractivity contribution in [3.63, 3.8) is 0 Å². The zero-order valence-electron chi connectivity index (χ0n) is 12.8. The number of nitrogens with two attached hydrogens (primary N) is 1. The normalized spacial score (nSPS) is 18.0. The van der Waals surface area contributed by atoms with E-state index in [-0.39, 0.29) is 5.91 Å². The summed E-state index contributed by atoms with van der Waals surface area (Å²) >= 11 is 0. The predicted octanol–water partition coefficient (Wildman–Crippen LogP) is 2.79. The molecule has 0 bridgehead atoms. The topological polar surface area (TPSA) is 46.3 Å². The molecular formula is C18H24N2O. The van der Waals surface area contributed by atoms with E-state index < -0.39 is 0 Å². The third-order valence-corrected chi connectivity index (χ3v) is 3.98. The number of rotatable bonds is 3. The van der Waals surface area contributed by atoms with Crippen LogP contribution in [0.1, 0.15) is 54.9 Å². The molecule has 3 nitrogen and oxygen atoms in total. The molecule has 1 aliphatic rings. The smallest absolute Gasteiger partial charge is 0.254 e. The Kier molecular flexibility index (Phi) is 5.83. The van der Waals surface area contributed by atoms with E-state index in [0.29, 0.717) is 12.6 Å². The van der Waals surface area contributed by atoms with Gasteiger partial charge in [0, 0.05) is 23.7 Å². The Morgan fingerprint density at radius 3 is 2.76 bits per heavy atom. The fraction of sp³-hybridized carbons (Fsp3) is 0.500. The Morgan fingerprint density at radius 2 is 2.10 bits per heavy atom. The van der Waals surface area contributed by atoms with Crippen molar-refractivity contribution in [2.45, 2.75) is 45.1 Å². The molecule has 21 heavy (non-hydrogen) atoms. The van der Waals surface area contributed by atoms with Gasteiger partial charge in [0.05, 0.1) is 6.54 Å². The Balaban J connectivity index is 2.10. The molecular weight excluding hydrogens is 260 g/mol. The minimum Gasteiger partial charge on any atom is -0.336 e. The maximum atomic E-state index is 12.7. The van der Waals surface area contributed by atoms with Crippen LogP contribution in [0.25, 0.3) is 0 Å². The first-order chi connectivity index (χ1) is 10.3. The van der Waals surface area contributed by atoms with Gasteiger partial charge < -0.3 is 10.6 Å². The molecule has 1 aromatic carbocycles. The number of carbonyl (C=O) groups is 1. The maximum absolute atomic E-state index is 12.7. The summed E-state index contributed by atoms with van der Waals surface area (Å²) in [5.41, 5.74) is 7.03. The molecule has 2 N–H and O–H groups in total. The van der Waals surface area contributed by atoms with Crippen molar-refractivity contribution in [2.75, 3.05) is 13.1 Å². The van der Waals surface area contributed by atoms with Crippen LogP contribution in [-0.4, -0.2) is 29.9 Å². The molecule has 1 aliphatic heterocycles. The number of piperidine rings is 1. The lowest BCUT2D eigenvalue weighted by Crippen LogP contribution is -2.43. The monoisotopic (exact) mass is 284 g/mol. The second-order valence-corrected chi connectivity index (χ2v) is 5.52. The van der Waals surface area contributed by atoms with Crippen molar-refractivity contribution < 1.29 is 4.79 Å². The minimum absolute atomic E-state index is 0.159. The van der Waals surface area contributed by atoms with Crippen LogP contribution in [0.4, 0.5) is 0 Å². The average Bonchev–Trinajstić information content (AvgIpc) is 2.53. The van der Waals surface area contributed by atoms with Crippen LogP contribution in [0.5, 0.6) is 0 Å². The van der Waals surface area contributed by atoms with Gasteiger partial charge in [-0.15, -0.1) is 0 Å². The SMILES string of the molecule is CCCC1CCCCN1C(=O)c1ccc(C#CCN)cc1. The highest BCUT2D eigenvalue weighted by atomic mass is 16.2. The van der Waals surface area contributed by atoms with Gasteiger partial charge in [-0.3, -0.25) is 4.79 Å². The highest BCUT2D eigenvalue weighted by Gasteiger charge is 2.26. The number of nitrogens with zero attached hydrogens (tertiary/aromatic N) is 1. The van der Waals surface area contributed by atoms with Crippen molar-refractivity contribution in [1.82, 2.24) is 4.90 Å². The maximum Gasteiger partial charge on any atom is 0.254 e. The number of hydrogen-bond acceptors (Lipinski definition) is 2. The fourth-order valence-corrected chi connectivity index (χ4v) is 2.92. The van der Waals surface area contributed by atoms with Gasteiger partial charge in [0.15, 0.2) is 0 Å². The second-order valence-electron chi connectivity index (χ2n) is 5.52. The van der Waals surface area contributed by atoms with Crippen LogP contribution in [0.3, 0.4) is 0 Å². The van der Waals surface area contributed by atoms with Gasteiger partial charge >= 0.3 is 0 Å². The highest BCUT2D eigenvalue weighted by Crippen LogP contribution is 2.23. The van der Waals surface area contributed by atoms with E-state index in [4.69, 9.17) is 5.73 Å². The lowest BCUT2D eigenvalue weighted by molar-refractivity contribution is 0.0600. The van der Waals surface area contributed by atoms with Crippen LogP contribution in [0.2, 0.25) is 0 Å². The second kappa shape index (κ2) is 7.85. The van der Waals surface area contributed by atoms with E-state index in [1.54, 1.807) is 0 Å². The van der Waals surface area contributed by atoms with Gasteiger partial charge in [-0.2, -0.15) is 0 Å². The molecule has 0 aromatic heterocycles. The summed E-state index contributed by atoms with van der Waals surface area (Å²) in [6.07, 6.45) is 5.72. The van der Waals surface area contributed by atoms with Crippen LogP contribution in [0.15, 0.2) is 24.3 Å². The first kappa shape index (κ1) is 15.6. The molecule has 1 amide bonds. The van der Waals surface area contributed by atoms with E-state index in [1.165, 1.54) is 6.42 Å². The van der Waals surface area contributed by atoms with E-state index >= 15 is 0 Å². The van der Waals surface area contributed by atoms with Gasteiger partial charge in [-0.05, 0) is 49.9 Å². The summed E-state index contributed by atoms with van der Waals surface area (Å²) in [6.45, 7) is 3.42. The summed E-state index contributed by atoms with van der Waals surface area (Å²) in [7, 11) is 0. The van der Waals surface area contributed by atoms with E-state index in [9.17, 15) is 4.79 Å². The fourth-order valence-electron chi connectivity index (χ4n) is 2.92. The summed E-state index contributed by atoms with van der Waals surface area (Å²) in [5.74, 6) is 5.96. The van der Waals surface area contributed by atoms with Gasteiger partial charge in [-0.25, -0.2) is 0 Å². The number of benzene rings is 1. The van der Waals surface area contributed by atoms with E-state index in [0.717, 1.165) is 43.4 Å². The average molecular weight is 284 g/mol. The number of hydrogen-bond donors (Lipinski definition) is 1. The molecule has 112 valence electrons. The Hall–Kier alpha value is -1.79. The summed E-state index contributed by atoms with van der Waals surface area (Å²) < 4.78 is 0. The minimum atomic E-state index is 0.159. The van der Waals surface area contributed by atoms with Gasteiger partial charge in [0.25, 0.3) is 5.91 Å². The first-order valence-corrected chi connectivity index (χ1v) is 7.86. The predicted molar refractivity (Wildman–Crippen MR) is 86.0 cm³/mol. The summed E-state index contributed by atoms with van der Waals surface area (Å²) in [6, 6.07) is 7.96. The molecule has 0 radical (unpaired) electrons. The molecule has 0 aliphatic carbocycles. The van der Waals surface area contributed by atoms with E-state index in [2.05, 4.69) is 23.7 Å². The molecule has 1 fully saturated rings. The molecule has 0 saturated carbocycles. The molecule has 3 heteroatoms. The summed E-state index contributed by atoms with van der Waals surface area (Å²) in [5, 5.41) is 0. The van der Waals surface area contributed by atoms with E-state index in [1.807, 2.05) is 24.3 Å². The lowest BCUT2D eigenvalue weighted by Gasteiger charge is -2.35. The highest BCUT2D eigenvalue weighted by molar-refractivity contribution is 5.94. The van der Waals surface area contributed by atoms with Crippen LogP contribution in [0, 0.1) is 11.8 Å². The molecule has 1 unspecified atom stereocenters. The first-order valence-electron chi connectivity index (χ1n) is 7.86. The molecule has 1 aromatic rings. The number of likely N-dealkylation sites (tertiary alicyclic amines) is 1. The third kappa shape index (κ3) is 4.09. The van der Waals surface area contributed by atoms with Crippen LogP contribution >= 0.6 is 0 Å². The molecule has 2 rings (SSSR count). The van der Waals surface area contributed by atoms with Gasteiger partial charge in [0.2, 0.25) is 0 Å². The van der Waals surface area contributed by atoms with Gasteiger partial charge in [0.1, 0.15) is 0 Å². The molecule has 1 heterocycles. The van der Waals surface area contributed by atoms with Crippen LogP contribution < -0.4 is 5.73 Å². The third-order valence-electron chi connectivity index (χ3n) is 3.98. The molecule has 1 saturated heterocycles. The number of amides is 1. The Morgan fingerprint density at radius 1 is 1.33 bits per heavy atom. The standard InChI is InChI=1S/C18H24N2O/c1-2-6-17-8-3-4-14-20(17)18(21)16-11-9-15(10-12-16)7-5-13-19/h9-12,17H,2-4,6,8,13-14,19H2,1H3.